The van der Waals surface area contributed by atoms with Crippen LogP contribution >= 0.6 is 0 Å². The number of aryl methyl sites for hydroxylation is 2. The van der Waals surface area contributed by atoms with Crippen molar-refractivity contribution < 1.29 is 4.74 Å². The smallest absolute Gasteiger partial charge is 0.0640 e. The highest BCUT2D eigenvalue weighted by Crippen LogP contribution is 2.28. The summed E-state index contributed by atoms with van der Waals surface area (Å²) in [6, 6.07) is 6.97. The number of ether oxygens (including phenoxy) is 1. The van der Waals surface area contributed by atoms with Crippen molar-refractivity contribution in [2.45, 2.75) is 45.8 Å². The maximum absolute atomic E-state index is 5.52. The predicted molar refractivity (Wildman–Crippen MR) is 73.4 cm³/mol. The van der Waals surface area contributed by atoms with Gasteiger partial charge in [0.05, 0.1) is 5.60 Å². The normalized spacial score (nSPS) is 13.8. The van der Waals surface area contributed by atoms with Gasteiger partial charge in [-0.15, -0.1) is 0 Å². The summed E-state index contributed by atoms with van der Waals surface area (Å²) in [7, 11) is 3.78. The summed E-state index contributed by atoms with van der Waals surface area (Å²) < 4.78 is 5.52. The zero-order chi connectivity index (χ0) is 13.1. The molecule has 0 aliphatic rings. The SMILES string of the molecule is CNC(CC(C)(C)OC)c1ccc(C)cc1C. The van der Waals surface area contributed by atoms with E-state index in [0.717, 1.165) is 6.42 Å². The third-order valence-electron chi connectivity index (χ3n) is 3.40. The van der Waals surface area contributed by atoms with E-state index >= 15 is 0 Å². The molecule has 0 spiro atoms. The Balaban J connectivity index is 2.94. The van der Waals surface area contributed by atoms with Gasteiger partial charge in [-0.05, 0) is 52.3 Å². The molecule has 1 rings (SSSR count). The third kappa shape index (κ3) is 3.83. The van der Waals surface area contributed by atoms with Gasteiger partial charge >= 0.3 is 0 Å². The summed E-state index contributed by atoms with van der Waals surface area (Å²) in [5.41, 5.74) is 3.91. The van der Waals surface area contributed by atoms with E-state index in [4.69, 9.17) is 4.74 Å². The average Bonchev–Trinajstić information content (AvgIpc) is 2.26. The Morgan fingerprint density at radius 2 is 1.94 bits per heavy atom. The second-order valence-corrected chi connectivity index (χ2v) is 5.37. The van der Waals surface area contributed by atoms with Gasteiger partial charge in [0.1, 0.15) is 0 Å². The van der Waals surface area contributed by atoms with Crippen LogP contribution in [0.2, 0.25) is 0 Å². The summed E-state index contributed by atoms with van der Waals surface area (Å²) in [4.78, 5) is 0. The molecule has 2 nitrogen and oxygen atoms in total. The lowest BCUT2D eigenvalue weighted by Crippen LogP contribution is -2.30. The molecule has 0 fully saturated rings. The van der Waals surface area contributed by atoms with Gasteiger partial charge in [0, 0.05) is 13.2 Å². The molecule has 0 saturated carbocycles. The molecule has 0 aliphatic carbocycles. The first-order chi connectivity index (χ1) is 7.89. The Labute approximate surface area is 105 Å². The van der Waals surface area contributed by atoms with E-state index < -0.39 is 0 Å². The zero-order valence-electron chi connectivity index (χ0n) is 11.9. The summed E-state index contributed by atoms with van der Waals surface area (Å²) in [6.45, 7) is 8.55. The molecule has 0 aromatic heterocycles. The van der Waals surface area contributed by atoms with Gasteiger partial charge in [-0.1, -0.05) is 23.8 Å². The second-order valence-electron chi connectivity index (χ2n) is 5.37. The molecule has 0 radical (unpaired) electrons. The van der Waals surface area contributed by atoms with E-state index in [1.807, 2.05) is 7.05 Å². The van der Waals surface area contributed by atoms with Crippen molar-refractivity contribution in [1.82, 2.24) is 5.32 Å². The minimum atomic E-state index is -0.106. The van der Waals surface area contributed by atoms with Gasteiger partial charge in [0.25, 0.3) is 0 Å². The topological polar surface area (TPSA) is 21.3 Å². The van der Waals surface area contributed by atoms with E-state index in [9.17, 15) is 0 Å². The summed E-state index contributed by atoms with van der Waals surface area (Å²) in [6.07, 6.45) is 0.962. The molecule has 1 aromatic carbocycles. The van der Waals surface area contributed by atoms with Gasteiger partial charge in [-0.3, -0.25) is 0 Å². The fourth-order valence-corrected chi connectivity index (χ4v) is 2.16. The number of hydrogen-bond acceptors (Lipinski definition) is 2. The first kappa shape index (κ1) is 14.2. The van der Waals surface area contributed by atoms with Crippen LogP contribution in [0.5, 0.6) is 0 Å². The van der Waals surface area contributed by atoms with Crippen molar-refractivity contribution in [2.24, 2.45) is 0 Å². The average molecular weight is 235 g/mol. The molecule has 17 heavy (non-hydrogen) atoms. The molecule has 1 N–H and O–H groups in total. The maximum atomic E-state index is 5.52. The molecule has 2 heteroatoms. The summed E-state index contributed by atoms with van der Waals surface area (Å²) in [5, 5.41) is 3.39. The second kappa shape index (κ2) is 5.65. The quantitative estimate of drug-likeness (QED) is 0.844. The molecular weight excluding hydrogens is 210 g/mol. The number of benzene rings is 1. The van der Waals surface area contributed by atoms with Gasteiger partial charge in [-0.2, -0.15) is 0 Å². The zero-order valence-corrected chi connectivity index (χ0v) is 11.9. The standard InChI is InChI=1S/C15H25NO/c1-11-7-8-13(12(2)9-11)14(16-5)10-15(3,4)17-6/h7-9,14,16H,10H2,1-6H3. The fourth-order valence-electron chi connectivity index (χ4n) is 2.16. The number of methoxy groups -OCH3 is 1. The minimum Gasteiger partial charge on any atom is -0.379 e. The van der Waals surface area contributed by atoms with E-state index in [0.29, 0.717) is 6.04 Å². The molecule has 0 heterocycles. The molecule has 1 unspecified atom stereocenters. The van der Waals surface area contributed by atoms with Gasteiger partial charge in [-0.25, -0.2) is 0 Å². The molecule has 0 saturated heterocycles. The van der Waals surface area contributed by atoms with Crippen LogP contribution in [0.3, 0.4) is 0 Å². The highest BCUT2D eigenvalue weighted by molar-refractivity contribution is 5.33. The van der Waals surface area contributed by atoms with Crippen molar-refractivity contribution in [2.75, 3.05) is 14.2 Å². The minimum absolute atomic E-state index is 0.106. The van der Waals surface area contributed by atoms with E-state index in [-0.39, 0.29) is 5.60 Å². The number of rotatable bonds is 5. The first-order valence-corrected chi connectivity index (χ1v) is 6.19. The van der Waals surface area contributed by atoms with Gasteiger partial charge < -0.3 is 10.1 Å². The van der Waals surface area contributed by atoms with Crippen LogP contribution in [0.15, 0.2) is 18.2 Å². The van der Waals surface area contributed by atoms with Crippen LogP contribution < -0.4 is 5.32 Å². The van der Waals surface area contributed by atoms with E-state index in [2.05, 4.69) is 51.2 Å². The Morgan fingerprint density at radius 3 is 2.41 bits per heavy atom. The van der Waals surface area contributed by atoms with E-state index in [1.165, 1.54) is 16.7 Å². The third-order valence-corrected chi connectivity index (χ3v) is 3.40. The van der Waals surface area contributed by atoms with Crippen LogP contribution in [-0.4, -0.2) is 19.8 Å². The first-order valence-electron chi connectivity index (χ1n) is 6.19. The van der Waals surface area contributed by atoms with Crippen molar-refractivity contribution in [3.05, 3.63) is 34.9 Å². The molecule has 96 valence electrons. The van der Waals surface area contributed by atoms with Crippen molar-refractivity contribution >= 4 is 0 Å². The lowest BCUT2D eigenvalue weighted by molar-refractivity contribution is 0.00740. The number of nitrogens with one attached hydrogen (secondary N) is 1. The summed E-state index contributed by atoms with van der Waals surface area (Å²) >= 11 is 0. The van der Waals surface area contributed by atoms with Crippen LogP contribution in [-0.2, 0) is 4.74 Å². The van der Waals surface area contributed by atoms with Crippen LogP contribution in [0, 0.1) is 13.8 Å². The Bertz CT molecular complexity index is 371. The Morgan fingerprint density at radius 1 is 1.29 bits per heavy atom. The maximum Gasteiger partial charge on any atom is 0.0640 e. The van der Waals surface area contributed by atoms with Crippen molar-refractivity contribution in [3.8, 4) is 0 Å². The highest BCUT2D eigenvalue weighted by Gasteiger charge is 2.23. The van der Waals surface area contributed by atoms with E-state index in [1.54, 1.807) is 7.11 Å². The Kier molecular flexibility index (Phi) is 4.72. The highest BCUT2D eigenvalue weighted by atomic mass is 16.5. The molecular formula is C15H25NO. The molecule has 0 amide bonds. The molecule has 1 atom stereocenters. The molecule has 1 aromatic rings. The Hall–Kier alpha value is -0.860. The van der Waals surface area contributed by atoms with Gasteiger partial charge in [0.15, 0.2) is 0 Å². The predicted octanol–water partition coefficient (Wildman–Crippen LogP) is 3.38. The van der Waals surface area contributed by atoms with Crippen molar-refractivity contribution in [3.63, 3.8) is 0 Å². The fraction of sp³-hybridized carbons (Fsp3) is 0.600. The number of hydrogen-bond donors (Lipinski definition) is 1. The van der Waals surface area contributed by atoms with Crippen LogP contribution in [0.4, 0.5) is 0 Å². The lowest BCUT2D eigenvalue weighted by atomic mass is 9.90. The monoisotopic (exact) mass is 235 g/mol. The van der Waals surface area contributed by atoms with Crippen LogP contribution in [0.25, 0.3) is 0 Å². The van der Waals surface area contributed by atoms with Crippen molar-refractivity contribution in [1.29, 1.82) is 0 Å². The van der Waals surface area contributed by atoms with Gasteiger partial charge in [0.2, 0.25) is 0 Å². The molecule has 0 bridgehead atoms. The molecule has 0 aliphatic heterocycles. The largest absolute Gasteiger partial charge is 0.379 e. The van der Waals surface area contributed by atoms with Crippen LogP contribution in [0.1, 0.15) is 43.0 Å². The summed E-state index contributed by atoms with van der Waals surface area (Å²) in [5.74, 6) is 0. The lowest BCUT2D eigenvalue weighted by Gasteiger charge is -2.29.